The van der Waals surface area contributed by atoms with Gasteiger partial charge in [0.25, 0.3) is 0 Å². The first kappa shape index (κ1) is 17.8. The number of hydrogen-bond donors (Lipinski definition) is 0. The highest BCUT2D eigenvalue weighted by Crippen LogP contribution is 2.34. The highest BCUT2D eigenvalue weighted by Gasteiger charge is 2.17. The fourth-order valence-electron chi connectivity index (χ4n) is 3.90. The van der Waals surface area contributed by atoms with Gasteiger partial charge in [-0.15, -0.1) is 0 Å². The van der Waals surface area contributed by atoms with Gasteiger partial charge in [0.15, 0.2) is 0 Å². The van der Waals surface area contributed by atoms with Gasteiger partial charge in [-0.25, -0.2) is 9.97 Å². The maximum Gasteiger partial charge on any atom is 0.140 e. The highest BCUT2D eigenvalue weighted by atomic mass is 16.5. The number of nitrogens with zero attached hydrogens (tertiary/aromatic N) is 4. The van der Waals surface area contributed by atoms with E-state index in [1.807, 2.05) is 12.3 Å². The van der Waals surface area contributed by atoms with Crippen LogP contribution in [-0.2, 0) is 4.74 Å². The van der Waals surface area contributed by atoms with Crippen molar-refractivity contribution in [2.45, 2.75) is 6.92 Å². The zero-order valence-corrected chi connectivity index (χ0v) is 16.4. The molecule has 0 bridgehead atoms. The summed E-state index contributed by atoms with van der Waals surface area (Å²) in [5, 5.41) is 1.06. The second-order valence-corrected chi connectivity index (χ2v) is 7.30. The molecule has 2 aromatic carbocycles. The van der Waals surface area contributed by atoms with E-state index in [2.05, 4.69) is 70.3 Å². The van der Waals surface area contributed by atoms with Crippen LogP contribution in [0.15, 0.2) is 67.1 Å². The lowest BCUT2D eigenvalue weighted by Gasteiger charge is -2.28. The second kappa shape index (κ2) is 7.60. The van der Waals surface area contributed by atoms with E-state index in [1.165, 1.54) is 5.56 Å². The number of morpholine rings is 1. The zero-order chi connectivity index (χ0) is 19.6. The number of hydrogen-bond acceptors (Lipinski definition) is 5. The molecular weight excluding hydrogens is 360 g/mol. The maximum atomic E-state index is 5.51. The van der Waals surface area contributed by atoms with Gasteiger partial charge < -0.3 is 9.64 Å². The molecule has 0 amide bonds. The van der Waals surface area contributed by atoms with Crippen LogP contribution in [-0.4, -0.2) is 41.3 Å². The van der Waals surface area contributed by atoms with Crippen molar-refractivity contribution in [1.29, 1.82) is 0 Å². The van der Waals surface area contributed by atoms with Gasteiger partial charge in [-0.3, -0.25) is 4.98 Å². The van der Waals surface area contributed by atoms with Gasteiger partial charge in [-0.1, -0.05) is 35.9 Å². The summed E-state index contributed by atoms with van der Waals surface area (Å²) in [5.41, 5.74) is 6.51. The van der Waals surface area contributed by atoms with Crippen LogP contribution in [0.2, 0.25) is 0 Å². The summed E-state index contributed by atoms with van der Waals surface area (Å²) >= 11 is 0. The Balaban J connectivity index is 1.65. The summed E-state index contributed by atoms with van der Waals surface area (Å²) in [4.78, 5) is 16.1. The Kier molecular flexibility index (Phi) is 4.66. The molecule has 5 nitrogen and oxygen atoms in total. The van der Waals surface area contributed by atoms with E-state index in [0.29, 0.717) is 0 Å². The quantitative estimate of drug-likeness (QED) is 0.522. The first-order chi connectivity index (χ1) is 14.3. The van der Waals surface area contributed by atoms with Crippen LogP contribution in [0.25, 0.3) is 33.3 Å². The van der Waals surface area contributed by atoms with Gasteiger partial charge in [0.05, 0.1) is 24.4 Å². The van der Waals surface area contributed by atoms with Crippen molar-refractivity contribution in [3.63, 3.8) is 0 Å². The lowest BCUT2D eigenvalue weighted by atomic mass is 9.97. The molecule has 1 aliphatic rings. The molecule has 1 aliphatic heterocycles. The zero-order valence-electron chi connectivity index (χ0n) is 16.4. The number of ether oxygens (including phenoxy) is 1. The topological polar surface area (TPSA) is 51.1 Å². The molecule has 5 heteroatoms. The second-order valence-electron chi connectivity index (χ2n) is 7.30. The molecule has 0 aliphatic carbocycles. The minimum Gasteiger partial charge on any atom is -0.378 e. The van der Waals surface area contributed by atoms with Crippen molar-refractivity contribution in [3.8, 4) is 22.4 Å². The molecular formula is C24H22N4O. The van der Waals surface area contributed by atoms with Crippen LogP contribution in [0.5, 0.6) is 0 Å². The molecule has 0 N–H and O–H groups in total. The Hall–Kier alpha value is -3.31. The summed E-state index contributed by atoms with van der Waals surface area (Å²) in [7, 11) is 0. The summed E-state index contributed by atoms with van der Waals surface area (Å²) < 4.78 is 5.51. The van der Waals surface area contributed by atoms with E-state index in [1.54, 1.807) is 6.33 Å². The number of anilines is 1. The molecule has 0 radical (unpaired) electrons. The van der Waals surface area contributed by atoms with Crippen molar-refractivity contribution >= 4 is 16.7 Å². The van der Waals surface area contributed by atoms with Crippen LogP contribution in [0.1, 0.15) is 5.56 Å². The molecule has 0 spiro atoms. The highest BCUT2D eigenvalue weighted by molar-refractivity contribution is 5.94. The Morgan fingerprint density at radius 1 is 0.862 bits per heavy atom. The van der Waals surface area contributed by atoms with Crippen LogP contribution in [0.3, 0.4) is 0 Å². The van der Waals surface area contributed by atoms with Crippen LogP contribution < -0.4 is 4.90 Å². The standard InChI is InChI=1S/C24H22N4O/c1-17-4-2-5-19(14-17)23-20(6-3-9-25-23)18-7-8-22-21(15-18)24(27-16-26-22)28-10-12-29-13-11-28/h2-9,14-16H,10-13H2,1H3. The predicted molar refractivity (Wildman–Crippen MR) is 116 cm³/mol. The normalized spacial score (nSPS) is 14.3. The van der Waals surface area contributed by atoms with Gasteiger partial charge in [0.2, 0.25) is 0 Å². The van der Waals surface area contributed by atoms with Gasteiger partial charge in [-0.05, 0) is 36.8 Å². The lowest BCUT2D eigenvalue weighted by Crippen LogP contribution is -2.36. The molecule has 144 valence electrons. The third-order valence-electron chi connectivity index (χ3n) is 5.34. The van der Waals surface area contributed by atoms with Crippen molar-refractivity contribution in [2.24, 2.45) is 0 Å². The largest absolute Gasteiger partial charge is 0.378 e. The third kappa shape index (κ3) is 3.45. The Morgan fingerprint density at radius 3 is 2.62 bits per heavy atom. The van der Waals surface area contributed by atoms with E-state index in [4.69, 9.17) is 9.72 Å². The summed E-state index contributed by atoms with van der Waals surface area (Å²) in [5.74, 6) is 0.973. The van der Waals surface area contributed by atoms with Gasteiger partial charge >= 0.3 is 0 Å². The minimum atomic E-state index is 0.727. The smallest absolute Gasteiger partial charge is 0.140 e. The lowest BCUT2D eigenvalue weighted by molar-refractivity contribution is 0.122. The average molecular weight is 382 g/mol. The summed E-state index contributed by atoms with van der Waals surface area (Å²) in [6.45, 7) is 5.25. The van der Waals surface area contributed by atoms with Crippen molar-refractivity contribution < 1.29 is 4.74 Å². The minimum absolute atomic E-state index is 0.727. The van der Waals surface area contributed by atoms with Crippen LogP contribution in [0, 0.1) is 6.92 Å². The third-order valence-corrected chi connectivity index (χ3v) is 5.34. The Morgan fingerprint density at radius 2 is 1.76 bits per heavy atom. The van der Waals surface area contributed by atoms with Gasteiger partial charge in [-0.2, -0.15) is 0 Å². The van der Waals surface area contributed by atoms with Crippen molar-refractivity contribution in [3.05, 3.63) is 72.7 Å². The first-order valence-electron chi connectivity index (χ1n) is 9.89. The predicted octanol–water partition coefficient (Wildman–Crippen LogP) is 4.50. The molecule has 1 fully saturated rings. The maximum absolute atomic E-state index is 5.51. The number of fused-ring (bicyclic) bond motifs is 1. The van der Waals surface area contributed by atoms with E-state index in [9.17, 15) is 0 Å². The summed E-state index contributed by atoms with van der Waals surface area (Å²) in [6.07, 6.45) is 3.50. The van der Waals surface area contributed by atoms with Crippen LogP contribution in [0.4, 0.5) is 5.82 Å². The Bertz CT molecular complexity index is 1170. The molecule has 0 atom stereocenters. The SMILES string of the molecule is Cc1cccc(-c2ncccc2-c2ccc3ncnc(N4CCOCC4)c3c2)c1. The first-order valence-corrected chi connectivity index (χ1v) is 9.89. The van der Waals surface area contributed by atoms with E-state index in [-0.39, 0.29) is 0 Å². The summed E-state index contributed by atoms with van der Waals surface area (Å²) in [6, 6.07) is 19.0. The van der Waals surface area contributed by atoms with E-state index in [0.717, 1.165) is 65.4 Å². The number of pyridine rings is 1. The van der Waals surface area contributed by atoms with Gasteiger partial charge in [0, 0.05) is 35.8 Å². The molecule has 5 rings (SSSR count). The molecule has 0 saturated carbocycles. The van der Waals surface area contributed by atoms with E-state index >= 15 is 0 Å². The van der Waals surface area contributed by atoms with Crippen molar-refractivity contribution in [1.82, 2.24) is 15.0 Å². The number of aromatic nitrogens is 3. The fourth-order valence-corrected chi connectivity index (χ4v) is 3.90. The monoisotopic (exact) mass is 382 g/mol. The average Bonchev–Trinajstić information content (AvgIpc) is 2.79. The van der Waals surface area contributed by atoms with E-state index < -0.39 is 0 Å². The number of rotatable bonds is 3. The molecule has 29 heavy (non-hydrogen) atoms. The molecule has 1 saturated heterocycles. The van der Waals surface area contributed by atoms with Crippen LogP contribution >= 0.6 is 0 Å². The molecule has 2 aromatic heterocycles. The Labute approximate surface area is 170 Å². The van der Waals surface area contributed by atoms with Gasteiger partial charge in [0.1, 0.15) is 12.1 Å². The molecule has 3 heterocycles. The number of aryl methyl sites for hydroxylation is 1. The molecule has 0 unspecified atom stereocenters. The fraction of sp³-hybridized carbons (Fsp3) is 0.208. The number of benzene rings is 2. The van der Waals surface area contributed by atoms with Crippen molar-refractivity contribution in [2.75, 3.05) is 31.2 Å². The molecule has 4 aromatic rings.